The minimum atomic E-state index is -4.56. The normalized spacial score (nSPS) is 15.6. The van der Waals surface area contributed by atoms with Crippen LogP contribution in [-0.4, -0.2) is 68.5 Å². The summed E-state index contributed by atoms with van der Waals surface area (Å²) in [5, 5.41) is 13.4. The number of phosphoric ester groups is 1. The number of carbonyl (C=O) groups excluding carboxylic acids is 1. The van der Waals surface area contributed by atoms with Crippen molar-refractivity contribution in [1.82, 2.24) is 5.32 Å². The van der Waals surface area contributed by atoms with Crippen LogP contribution >= 0.6 is 7.82 Å². The molecule has 9 heteroatoms. The molecule has 0 bridgehead atoms. The maximum absolute atomic E-state index is 12.3. The van der Waals surface area contributed by atoms with E-state index in [2.05, 4.69) is 31.3 Å². The quantitative estimate of drug-likeness (QED) is 0.0564. The number of amides is 1. The van der Waals surface area contributed by atoms with Crippen molar-refractivity contribution < 1.29 is 32.9 Å². The van der Waals surface area contributed by atoms with Crippen LogP contribution in [0.25, 0.3) is 0 Å². The molecule has 39 heavy (non-hydrogen) atoms. The molecule has 0 radical (unpaired) electrons. The minimum absolute atomic E-state index is 0.00660. The molecule has 0 aromatic heterocycles. The summed E-state index contributed by atoms with van der Waals surface area (Å²) < 4.78 is 22.7. The molecule has 2 N–H and O–H groups in total. The Morgan fingerprint density at radius 1 is 0.872 bits per heavy atom. The van der Waals surface area contributed by atoms with Gasteiger partial charge in [0.05, 0.1) is 39.9 Å². The fourth-order valence-corrected chi connectivity index (χ4v) is 4.59. The molecule has 0 aliphatic carbocycles. The Labute approximate surface area is 239 Å². The van der Waals surface area contributed by atoms with Crippen LogP contribution in [0.4, 0.5) is 0 Å². The predicted octanol–water partition coefficient (Wildman–Crippen LogP) is 6.04. The molecule has 0 aromatic rings. The molecule has 230 valence electrons. The molecule has 3 atom stereocenters. The fourth-order valence-electron chi connectivity index (χ4n) is 3.87. The van der Waals surface area contributed by atoms with Crippen molar-refractivity contribution in [2.24, 2.45) is 0 Å². The van der Waals surface area contributed by atoms with E-state index < -0.39 is 26.6 Å². The first-order valence-electron chi connectivity index (χ1n) is 15.2. The third kappa shape index (κ3) is 25.7. The number of rotatable bonds is 26. The molecule has 0 aliphatic heterocycles. The van der Waals surface area contributed by atoms with E-state index in [1.165, 1.54) is 51.4 Å². The third-order valence-corrected chi connectivity index (χ3v) is 7.38. The number of unbranched alkanes of at least 4 members (excludes halogenated alkanes) is 11. The predicted molar refractivity (Wildman–Crippen MR) is 159 cm³/mol. The highest BCUT2D eigenvalue weighted by atomic mass is 31.2. The van der Waals surface area contributed by atoms with E-state index in [1.54, 1.807) is 6.08 Å². The molecular formula is C30H59N2O6P. The summed E-state index contributed by atoms with van der Waals surface area (Å²) in [6.07, 6.45) is 23.0. The lowest BCUT2D eigenvalue weighted by Crippen LogP contribution is -2.45. The van der Waals surface area contributed by atoms with Gasteiger partial charge in [0.15, 0.2) is 0 Å². The molecule has 0 aliphatic rings. The summed E-state index contributed by atoms with van der Waals surface area (Å²) in [6.45, 7) is 4.39. The number of aliphatic hydroxyl groups excluding tert-OH is 1. The van der Waals surface area contributed by atoms with E-state index in [0.29, 0.717) is 17.4 Å². The summed E-state index contributed by atoms with van der Waals surface area (Å²) in [5.74, 6) is -0.236. The highest BCUT2D eigenvalue weighted by molar-refractivity contribution is 7.45. The van der Waals surface area contributed by atoms with Crippen molar-refractivity contribution in [1.29, 1.82) is 0 Å². The van der Waals surface area contributed by atoms with Crippen molar-refractivity contribution in [2.45, 2.75) is 122 Å². The lowest BCUT2D eigenvalue weighted by atomic mass is 10.1. The summed E-state index contributed by atoms with van der Waals surface area (Å²) in [4.78, 5) is 24.5. The van der Waals surface area contributed by atoms with Gasteiger partial charge in [-0.25, -0.2) is 0 Å². The van der Waals surface area contributed by atoms with E-state index in [-0.39, 0.29) is 12.5 Å². The van der Waals surface area contributed by atoms with Crippen molar-refractivity contribution in [3.8, 4) is 0 Å². The molecule has 8 nitrogen and oxygen atoms in total. The minimum Gasteiger partial charge on any atom is -0.756 e. The highest BCUT2D eigenvalue weighted by Gasteiger charge is 2.23. The topological polar surface area (TPSA) is 108 Å². The van der Waals surface area contributed by atoms with Crippen LogP contribution in [0, 0.1) is 0 Å². The Morgan fingerprint density at radius 2 is 1.44 bits per heavy atom. The molecule has 0 heterocycles. The van der Waals surface area contributed by atoms with Gasteiger partial charge in [0.1, 0.15) is 13.2 Å². The smallest absolute Gasteiger partial charge is 0.268 e. The van der Waals surface area contributed by atoms with Crippen LogP contribution in [0.2, 0.25) is 0 Å². The number of phosphoric acid groups is 1. The maximum Gasteiger partial charge on any atom is 0.268 e. The number of quaternary nitrogens is 1. The second kappa shape index (κ2) is 23.7. The lowest BCUT2D eigenvalue weighted by molar-refractivity contribution is -0.870. The number of nitrogens with one attached hydrogen (secondary N) is 1. The zero-order chi connectivity index (χ0) is 29.4. The van der Waals surface area contributed by atoms with E-state index in [9.17, 15) is 19.4 Å². The fraction of sp³-hybridized carbons (Fsp3) is 0.833. The molecule has 0 rings (SSSR count). The Bertz CT molecular complexity index is 708. The standard InChI is InChI=1S/C30H59N2O6P/c1-6-8-10-11-12-13-14-15-16-17-18-19-20-22-23-29(33)28(31-30(34)24-21-9-7-2)27-38-39(35,36)37-26-25-32(3,4)5/h17-18,22-23,28-29,33H,6-16,19-21,24-27H2,1-5H3,(H-,31,34,35,36)/b18-17+,23-22+. The molecule has 0 saturated heterocycles. The van der Waals surface area contributed by atoms with Crippen LogP contribution in [-0.2, 0) is 18.4 Å². The van der Waals surface area contributed by atoms with Crippen LogP contribution < -0.4 is 10.2 Å². The van der Waals surface area contributed by atoms with Gasteiger partial charge in [0.25, 0.3) is 7.82 Å². The number of likely N-dealkylation sites (N-methyl/N-ethyl adjacent to an activating group) is 1. The van der Waals surface area contributed by atoms with E-state index in [4.69, 9.17) is 9.05 Å². The molecule has 0 spiro atoms. The number of allylic oxidation sites excluding steroid dienone is 3. The van der Waals surface area contributed by atoms with Crippen LogP contribution in [0.5, 0.6) is 0 Å². The number of carbonyl (C=O) groups is 1. The van der Waals surface area contributed by atoms with Crippen molar-refractivity contribution in [3.63, 3.8) is 0 Å². The largest absolute Gasteiger partial charge is 0.756 e. The molecule has 0 fully saturated rings. The van der Waals surface area contributed by atoms with Gasteiger partial charge in [-0.1, -0.05) is 95.9 Å². The number of hydrogen-bond acceptors (Lipinski definition) is 6. The summed E-state index contributed by atoms with van der Waals surface area (Å²) in [5.41, 5.74) is 0. The van der Waals surface area contributed by atoms with Gasteiger partial charge in [0.2, 0.25) is 5.91 Å². The van der Waals surface area contributed by atoms with E-state index in [0.717, 1.165) is 38.5 Å². The van der Waals surface area contributed by atoms with Gasteiger partial charge in [-0.15, -0.1) is 0 Å². The second-order valence-electron chi connectivity index (χ2n) is 11.5. The van der Waals surface area contributed by atoms with Crippen LogP contribution in [0.15, 0.2) is 24.3 Å². The molecule has 3 unspecified atom stereocenters. The third-order valence-electron chi connectivity index (χ3n) is 6.41. The summed E-state index contributed by atoms with van der Waals surface area (Å²) in [7, 11) is 1.23. The van der Waals surface area contributed by atoms with Gasteiger partial charge < -0.3 is 28.8 Å². The molecule has 1 amide bonds. The SMILES string of the molecule is CCCCCCCCCC/C=C/CC/C=C/C(O)C(COP(=O)([O-])OCC[N+](C)(C)C)NC(=O)CCCCC. The van der Waals surface area contributed by atoms with Crippen molar-refractivity contribution in [3.05, 3.63) is 24.3 Å². The average molecular weight is 575 g/mol. The van der Waals surface area contributed by atoms with E-state index in [1.807, 2.05) is 27.2 Å². The van der Waals surface area contributed by atoms with Crippen molar-refractivity contribution in [2.75, 3.05) is 40.9 Å². The van der Waals surface area contributed by atoms with E-state index >= 15 is 0 Å². The first kappa shape index (κ1) is 38.0. The molecule has 0 aromatic carbocycles. The maximum atomic E-state index is 12.3. The van der Waals surface area contributed by atoms with Gasteiger partial charge in [-0.3, -0.25) is 9.36 Å². The van der Waals surface area contributed by atoms with Crippen molar-refractivity contribution >= 4 is 13.7 Å². The van der Waals surface area contributed by atoms with Crippen LogP contribution in [0.1, 0.15) is 110 Å². The monoisotopic (exact) mass is 574 g/mol. The van der Waals surface area contributed by atoms with Gasteiger partial charge in [0, 0.05) is 6.42 Å². The number of hydrogen-bond donors (Lipinski definition) is 2. The Hall–Kier alpha value is -1.02. The molecular weight excluding hydrogens is 515 g/mol. The van der Waals surface area contributed by atoms with Crippen LogP contribution in [0.3, 0.4) is 0 Å². The number of aliphatic hydroxyl groups is 1. The lowest BCUT2D eigenvalue weighted by Gasteiger charge is -2.29. The summed E-state index contributed by atoms with van der Waals surface area (Å²) in [6, 6.07) is -0.892. The Kier molecular flexibility index (Phi) is 23.0. The molecule has 0 saturated carbocycles. The zero-order valence-corrected chi connectivity index (χ0v) is 26.5. The zero-order valence-electron chi connectivity index (χ0n) is 25.6. The first-order valence-corrected chi connectivity index (χ1v) is 16.7. The van der Waals surface area contributed by atoms with Gasteiger partial charge in [-0.05, 0) is 32.1 Å². The van der Waals surface area contributed by atoms with Gasteiger partial charge in [-0.2, -0.15) is 0 Å². The summed E-state index contributed by atoms with van der Waals surface area (Å²) >= 11 is 0. The first-order chi connectivity index (χ1) is 18.5. The number of nitrogens with zero attached hydrogens (tertiary/aromatic N) is 1. The Balaban J connectivity index is 4.54. The average Bonchev–Trinajstić information content (AvgIpc) is 2.85. The van der Waals surface area contributed by atoms with Gasteiger partial charge >= 0.3 is 0 Å². The Morgan fingerprint density at radius 3 is 2.08 bits per heavy atom. The highest BCUT2D eigenvalue weighted by Crippen LogP contribution is 2.38. The second-order valence-corrected chi connectivity index (χ2v) is 12.9.